The second-order valence-electron chi connectivity index (χ2n) is 10.5. The van der Waals surface area contributed by atoms with E-state index in [0.29, 0.717) is 23.8 Å². The van der Waals surface area contributed by atoms with Crippen molar-refractivity contribution in [3.05, 3.63) is 102 Å². The van der Waals surface area contributed by atoms with E-state index in [2.05, 4.69) is 44.0 Å². The van der Waals surface area contributed by atoms with Gasteiger partial charge in [-0.2, -0.15) is 9.97 Å². The van der Waals surface area contributed by atoms with Crippen molar-refractivity contribution in [1.29, 1.82) is 0 Å². The highest BCUT2D eigenvalue weighted by Gasteiger charge is 2.37. The van der Waals surface area contributed by atoms with E-state index in [1.165, 1.54) is 5.56 Å². The van der Waals surface area contributed by atoms with Crippen molar-refractivity contribution in [2.45, 2.75) is 32.4 Å². The monoisotopic (exact) mass is 567 g/mol. The molecule has 1 aromatic heterocycles. The van der Waals surface area contributed by atoms with Crippen LogP contribution >= 0.6 is 0 Å². The number of piperazine rings is 1. The highest BCUT2D eigenvalue weighted by Crippen LogP contribution is 2.28. The van der Waals surface area contributed by atoms with Gasteiger partial charge in [-0.3, -0.25) is 4.90 Å². The maximum atomic E-state index is 12.9. The molecule has 0 spiro atoms. The molecule has 2 heterocycles. The largest absolute Gasteiger partial charge is 0.476 e. The number of rotatable bonds is 11. The maximum Gasteiger partial charge on any atom is 0.350 e. The third-order valence-corrected chi connectivity index (χ3v) is 7.13. The van der Waals surface area contributed by atoms with Crippen LogP contribution in [0.15, 0.2) is 91.0 Å². The van der Waals surface area contributed by atoms with Gasteiger partial charge in [0, 0.05) is 45.2 Å². The summed E-state index contributed by atoms with van der Waals surface area (Å²) in [7, 11) is 0. The van der Waals surface area contributed by atoms with E-state index in [1.54, 1.807) is 13.8 Å². The van der Waals surface area contributed by atoms with E-state index >= 15 is 0 Å². The zero-order valence-electron chi connectivity index (χ0n) is 24.1. The molecule has 218 valence electrons. The third-order valence-electron chi connectivity index (χ3n) is 7.13. The van der Waals surface area contributed by atoms with E-state index in [-0.39, 0.29) is 12.6 Å². The number of carbonyl (C=O) groups excluding carboxylic acids is 1. The van der Waals surface area contributed by atoms with Gasteiger partial charge in [0.1, 0.15) is 17.3 Å². The molecule has 1 fully saturated rings. The Morgan fingerprint density at radius 1 is 0.857 bits per heavy atom. The summed E-state index contributed by atoms with van der Waals surface area (Å²) in [6.45, 7) is 8.25. The summed E-state index contributed by atoms with van der Waals surface area (Å²) >= 11 is 0. The van der Waals surface area contributed by atoms with Crippen molar-refractivity contribution in [3.63, 3.8) is 0 Å². The molecule has 0 amide bonds. The van der Waals surface area contributed by atoms with Gasteiger partial charge in [0.2, 0.25) is 17.4 Å². The minimum absolute atomic E-state index is 0.161. The number of hydrogen-bond donors (Lipinski definition) is 1. The van der Waals surface area contributed by atoms with Crippen LogP contribution < -0.4 is 20.1 Å². The number of aromatic nitrogens is 2. The zero-order chi connectivity index (χ0) is 29.4. The van der Waals surface area contributed by atoms with Crippen LogP contribution in [-0.2, 0) is 22.5 Å². The van der Waals surface area contributed by atoms with Crippen LogP contribution in [0.1, 0.15) is 25.0 Å². The van der Waals surface area contributed by atoms with Crippen molar-refractivity contribution in [2.24, 2.45) is 0 Å². The average molecular weight is 568 g/mol. The van der Waals surface area contributed by atoms with Crippen LogP contribution in [0.3, 0.4) is 0 Å². The molecule has 1 aliphatic heterocycles. The lowest BCUT2D eigenvalue weighted by Gasteiger charge is -2.35. The molecule has 0 bridgehead atoms. The number of para-hydroxylation sites is 1. The Morgan fingerprint density at radius 2 is 1.52 bits per heavy atom. The lowest BCUT2D eigenvalue weighted by Crippen LogP contribution is -2.46. The first-order valence-electron chi connectivity index (χ1n) is 14.2. The van der Waals surface area contributed by atoms with Crippen molar-refractivity contribution in [2.75, 3.05) is 43.4 Å². The van der Waals surface area contributed by atoms with Gasteiger partial charge in [0.25, 0.3) is 0 Å². The molecular formula is C33H37N5O4. The smallest absolute Gasteiger partial charge is 0.350 e. The molecule has 0 unspecified atom stereocenters. The average Bonchev–Trinajstić information content (AvgIpc) is 2.99. The molecule has 3 aromatic carbocycles. The highest BCUT2D eigenvalue weighted by atomic mass is 16.6. The van der Waals surface area contributed by atoms with Crippen LogP contribution in [0.2, 0.25) is 0 Å². The van der Waals surface area contributed by atoms with E-state index in [0.717, 1.165) is 44.1 Å². The molecular weight excluding hydrogens is 530 g/mol. The van der Waals surface area contributed by atoms with Gasteiger partial charge in [-0.15, -0.1) is 0 Å². The summed E-state index contributed by atoms with van der Waals surface area (Å²) in [4.78, 5) is 26.3. The molecule has 0 radical (unpaired) electrons. The van der Waals surface area contributed by atoms with Gasteiger partial charge in [-0.25, -0.2) is 4.79 Å². The molecule has 1 atom stereocenters. The van der Waals surface area contributed by atoms with Gasteiger partial charge in [-0.05, 0) is 49.2 Å². The molecule has 5 rings (SSSR count). The second-order valence-corrected chi connectivity index (χ2v) is 10.5. The van der Waals surface area contributed by atoms with E-state index in [1.807, 2.05) is 66.7 Å². The first-order valence-corrected chi connectivity index (χ1v) is 14.2. The highest BCUT2D eigenvalue weighted by molar-refractivity contribution is 5.80. The first-order chi connectivity index (χ1) is 20.4. The topological polar surface area (TPSA) is 103 Å². The van der Waals surface area contributed by atoms with Gasteiger partial charge in [-0.1, -0.05) is 60.7 Å². The van der Waals surface area contributed by atoms with Gasteiger partial charge in [0.05, 0.1) is 6.61 Å². The zero-order valence-corrected chi connectivity index (χ0v) is 24.1. The standard InChI is InChI=1S/C33H37N5O4/c1-3-40-31(39)33(2,42-28-12-8-5-9-13-28)23-25-14-16-27(17-15-25)41-30-22-29(35-32(34)36-30)38-20-18-37(19-21-38)24-26-10-6-4-7-11-26/h4-17,22H,3,18-21,23-24H2,1-2H3,(H2,34,35,36)/t33-/m0/s1. The Balaban J connectivity index is 1.22. The molecule has 9 heteroatoms. The number of esters is 1. The molecule has 9 nitrogen and oxygen atoms in total. The van der Waals surface area contributed by atoms with Gasteiger partial charge < -0.3 is 24.8 Å². The number of ether oxygens (including phenoxy) is 3. The predicted octanol–water partition coefficient (Wildman–Crippen LogP) is 5.12. The van der Waals surface area contributed by atoms with E-state index < -0.39 is 11.6 Å². The summed E-state index contributed by atoms with van der Waals surface area (Å²) in [6.07, 6.45) is 0.321. The van der Waals surface area contributed by atoms with Gasteiger partial charge >= 0.3 is 5.97 Å². The molecule has 1 aliphatic rings. The Morgan fingerprint density at radius 3 is 2.19 bits per heavy atom. The van der Waals surface area contributed by atoms with Crippen LogP contribution in [0.25, 0.3) is 0 Å². The van der Waals surface area contributed by atoms with Crippen molar-refractivity contribution in [3.8, 4) is 17.4 Å². The summed E-state index contributed by atoms with van der Waals surface area (Å²) in [5.41, 5.74) is 7.08. The first kappa shape index (κ1) is 28.9. The fraction of sp³-hybridized carbons (Fsp3) is 0.303. The molecule has 4 aromatic rings. The van der Waals surface area contributed by atoms with Crippen LogP contribution in [-0.4, -0.2) is 59.2 Å². The number of carbonyl (C=O) groups is 1. The Hall–Kier alpha value is -4.63. The summed E-state index contributed by atoms with van der Waals surface area (Å²) in [5, 5.41) is 0. The Labute approximate surface area is 246 Å². The number of anilines is 2. The Kier molecular flexibility index (Phi) is 9.18. The summed E-state index contributed by atoms with van der Waals surface area (Å²) < 4.78 is 17.5. The number of benzene rings is 3. The quantitative estimate of drug-likeness (QED) is 0.248. The molecule has 2 N–H and O–H groups in total. The Bertz CT molecular complexity index is 1440. The van der Waals surface area contributed by atoms with E-state index in [4.69, 9.17) is 19.9 Å². The van der Waals surface area contributed by atoms with Crippen molar-refractivity contribution in [1.82, 2.24) is 14.9 Å². The maximum absolute atomic E-state index is 12.9. The number of nitrogens with zero attached hydrogens (tertiary/aromatic N) is 4. The van der Waals surface area contributed by atoms with Crippen molar-refractivity contribution >= 4 is 17.7 Å². The van der Waals surface area contributed by atoms with Crippen LogP contribution in [0, 0.1) is 0 Å². The fourth-order valence-electron chi connectivity index (χ4n) is 4.99. The predicted molar refractivity (Wildman–Crippen MR) is 163 cm³/mol. The van der Waals surface area contributed by atoms with Crippen LogP contribution in [0.4, 0.5) is 11.8 Å². The normalized spacial score (nSPS) is 15.0. The SMILES string of the molecule is CCOC(=O)[C@](C)(Cc1ccc(Oc2cc(N3CCN(Cc4ccccc4)CC3)nc(N)n2)cc1)Oc1ccccc1. The van der Waals surface area contributed by atoms with Crippen LogP contribution in [0.5, 0.6) is 17.4 Å². The third kappa shape index (κ3) is 7.55. The number of nitrogen functional groups attached to an aromatic ring is 1. The lowest BCUT2D eigenvalue weighted by atomic mass is 9.96. The second kappa shape index (κ2) is 13.4. The lowest BCUT2D eigenvalue weighted by molar-refractivity contribution is -0.160. The number of nitrogens with two attached hydrogens (primary N) is 1. The molecule has 0 aliphatic carbocycles. The number of hydrogen-bond acceptors (Lipinski definition) is 9. The summed E-state index contributed by atoms with van der Waals surface area (Å²) in [6, 6.07) is 29.1. The van der Waals surface area contributed by atoms with Crippen molar-refractivity contribution < 1.29 is 19.0 Å². The van der Waals surface area contributed by atoms with Gasteiger partial charge in [0.15, 0.2) is 0 Å². The minimum atomic E-state index is -1.19. The fourth-order valence-corrected chi connectivity index (χ4v) is 4.99. The molecule has 1 saturated heterocycles. The van der Waals surface area contributed by atoms with E-state index in [9.17, 15) is 4.79 Å². The molecule has 42 heavy (non-hydrogen) atoms. The molecule has 0 saturated carbocycles. The minimum Gasteiger partial charge on any atom is -0.476 e. The summed E-state index contributed by atoms with van der Waals surface area (Å²) in [5.74, 6) is 2.06.